The molecule has 1 aromatic heterocycles. The molecular formula is C24H27N5O3. The van der Waals surface area contributed by atoms with Crippen molar-refractivity contribution in [3.8, 4) is 11.8 Å². The first-order valence-corrected chi connectivity index (χ1v) is 10.6. The summed E-state index contributed by atoms with van der Waals surface area (Å²) < 4.78 is 7.40. The maximum atomic E-state index is 14.1. The second-order valence-electron chi connectivity index (χ2n) is 8.77. The number of para-hydroxylation sites is 1. The maximum absolute atomic E-state index is 14.1. The number of rotatable bonds is 4. The van der Waals surface area contributed by atoms with Gasteiger partial charge in [-0.05, 0) is 40.9 Å². The number of anilines is 1. The summed E-state index contributed by atoms with van der Waals surface area (Å²) in [5.41, 5.74) is 6.22. The van der Waals surface area contributed by atoms with Crippen LogP contribution in [0.5, 0.6) is 5.75 Å². The minimum atomic E-state index is -1.64. The van der Waals surface area contributed by atoms with E-state index in [9.17, 15) is 14.9 Å². The van der Waals surface area contributed by atoms with Crippen LogP contribution >= 0.6 is 0 Å². The second-order valence-corrected chi connectivity index (χ2v) is 8.77. The van der Waals surface area contributed by atoms with E-state index in [1.54, 1.807) is 27.7 Å². The SMILES string of the molecule is Cc1cc2c(c(=O)n1CCN(C)C)C1(C(=O)N(C(C)C)c3ccccc31)C(C#N)=C(N)O2. The van der Waals surface area contributed by atoms with E-state index in [2.05, 4.69) is 6.07 Å². The largest absolute Gasteiger partial charge is 0.440 e. The first-order valence-electron chi connectivity index (χ1n) is 10.6. The number of nitriles is 1. The van der Waals surface area contributed by atoms with Crippen LogP contribution in [-0.2, 0) is 16.8 Å². The molecule has 2 aromatic rings. The summed E-state index contributed by atoms with van der Waals surface area (Å²) in [4.78, 5) is 31.7. The first-order chi connectivity index (χ1) is 15.2. The predicted molar refractivity (Wildman–Crippen MR) is 121 cm³/mol. The Bertz CT molecular complexity index is 1250. The molecule has 1 spiro atoms. The van der Waals surface area contributed by atoms with Crippen molar-refractivity contribution in [2.75, 3.05) is 25.5 Å². The quantitative estimate of drug-likeness (QED) is 0.789. The van der Waals surface area contributed by atoms with Crippen LogP contribution in [0.3, 0.4) is 0 Å². The van der Waals surface area contributed by atoms with E-state index in [0.717, 1.165) is 0 Å². The van der Waals surface area contributed by atoms with Crippen LogP contribution in [-0.4, -0.2) is 42.1 Å². The van der Waals surface area contributed by atoms with Crippen LogP contribution < -0.4 is 20.9 Å². The van der Waals surface area contributed by atoms with Gasteiger partial charge in [-0.2, -0.15) is 5.26 Å². The number of aryl methyl sites for hydroxylation is 1. The highest BCUT2D eigenvalue weighted by atomic mass is 16.5. The van der Waals surface area contributed by atoms with Crippen LogP contribution in [0.1, 0.15) is 30.7 Å². The van der Waals surface area contributed by atoms with Crippen molar-refractivity contribution in [2.45, 2.75) is 38.8 Å². The van der Waals surface area contributed by atoms with Gasteiger partial charge in [-0.25, -0.2) is 0 Å². The zero-order valence-electron chi connectivity index (χ0n) is 19.0. The Morgan fingerprint density at radius 2 is 1.94 bits per heavy atom. The van der Waals surface area contributed by atoms with Gasteiger partial charge in [-0.3, -0.25) is 9.59 Å². The predicted octanol–water partition coefficient (Wildman–Crippen LogP) is 1.85. The number of hydrogen-bond acceptors (Lipinski definition) is 6. The summed E-state index contributed by atoms with van der Waals surface area (Å²) in [6.07, 6.45) is 0. The Hall–Kier alpha value is -3.57. The van der Waals surface area contributed by atoms with E-state index in [4.69, 9.17) is 10.5 Å². The highest BCUT2D eigenvalue weighted by Crippen LogP contribution is 2.54. The fourth-order valence-electron chi connectivity index (χ4n) is 4.76. The van der Waals surface area contributed by atoms with Gasteiger partial charge in [0.05, 0.1) is 5.56 Å². The molecule has 2 N–H and O–H groups in total. The van der Waals surface area contributed by atoms with Gasteiger partial charge in [0.15, 0.2) is 5.41 Å². The van der Waals surface area contributed by atoms with Crippen molar-refractivity contribution in [3.63, 3.8) is 0 Å². The van der Waals surface area contributed by atoms with Crippen LogP contribution in [0, 0.1) is 18.3 Å². The van der Waals surface area contributed by atoms with Crippen LogP contribution in [0.4, 0.5) is 5.69 Å². The normalized spacial score (nSPS) is 19.4. The standard InChI is InChI=1S/C24H27N5O3/c1-14(2)29-18-9-7-6-8-16(18)24(23(29)31)17(13-25)21(26)32-19-12-15(3)28(11-10-27(4)5)22(30)20(19)24/h6-9,12,14H,10-11,26H2,1-5H3. The molecule has 0 saturated carbocycles. The van der Waals surface area contributed by atoms with E-state index in [1.807, 2.05) is 51.9 Å². The van der Waals surface area contributed by atoms with Gasteiger partial charge in [0.25, 0.3) is 5.56 Å². The lowest BCUT2D eigenvalue weighted by atomic mass is 9.69. The Labute approximate surface area is 187 Å². The van der Waals surface area contributed by atoms with Crippen molar-refractivity contribution >= 4 is 11.6 Å². The summed E-state index contributed by atoms with van der Waals surface area (Å²) in [5, 5.41) is 10.1. The first kappa shape index (κ1) is 21.7. The number of pyridine rings is 1. The number of likely N-dealkylation sites (N-methyl/N-ethyl adjacent to an activating group) is 1. The zero-order chi connectivity index (χ0) is 23.4. The van der Waals surface area contributed by atoms with E-state index < -0.39 is 5.41 Å². The Balaban J connectivity index is 2.13. The lowest BCUT2D eigenvalue weighted by Gasteiger charge is -2.35. The number of nitrogens with two attached hydrogens (primary N) is 1. The highest BCUT2D eigenvalue weighted by molar-refractivity contribution is 6.14. The molecule has 2 aliphatic heterocycles. The summed E-state index contributed by atoms with van der Waals surface area (Å²) in [6.45, 7) is 6.69. The van der Waals surface area contributed by atoms with Crippen molar-refractivity contribution < 1.29 is 9.53 Å². The van der Waals surface area contributed by atoms with Crippen molar-refractivity contribution in [1.82, 2.24) is 9.47 Å². The molecule has 0 bridgehead atoms. The molecular weight excluding hydrogens is 406 g/mol. The average molecular weight is 434 g/mol. The molecule has 1 aromatic carbocycles. The topological polar surface area (TPSA) is 105 Å². The number of benzene rings is 1. The number of hydrogen-bond donors (Lipinski definition) is 1. The summed E-state index contributed by atoms with van der Waals surface area (Å²) in [7, 11) is 3.86. The van der Waals surface area contributed by atoms with Gasteiger partial charge in [0, 0.05) is 42.1 Å². The van der Waals surface area contributed by atoms with Gasteiger partial charge in [-0.1, -0.05) is 18.2 Å². The van der Waals surface area contributed by atoms with Gasteiger partial charge in [-0.15, -0.1) is 0 Å². The Morgan fingerprint density at radius 3 is 2.56 bits per heavy atom. The van der Waals surface area contributed by atoms with E-state index in [-0.39, 0.29) is 40.3 Å². The third-order valence-corrected chi connectivity index (χ3v) is 6.19. The third kappa shape index (κ3) is 2.78. The van der Waals surface area contributed by atoms with Crippen molar-refractivity contribution in [3.05, 3.63) is 69.0 Å². The molecule has 8 heteroatoms. The summed E-state index contributed by atoms with van der Waals surface area (Å²) in [5.74, 6) is -0.296. The summed E-state index contributed by atoms with van der Waals surface area (Å²) in [6, 6.07) is 10.9. The molecule has 0 saturated heterocycles. The van der Waals surface area contributed by atoms with Crippen LogP contribution in [0.2, 0.25) is 0 Å². The minimum Gasteiger partial charge on any atom is -0.440 e. The van der Waals surface area contributed by atoms with Gasteiger partial charge in [0.2, 0.25) is 11.8 Å². The minimum absolute atomic E-state index is 0.0503. The maximum Gasteiger partial charge on any atom is 0.259 e. The van der Waals surface area contributed by atoms with Crippen LogP contribution in [0.15, 0.2) is 46.6 Å². The molecule has 1 amide bonds. The fraction of sp³-hybridized carbons (Fsp3) is 0.375. The molecule has 8 nitrogen and oxygen atoms in total. The molecule has 0 fully saturated rings. The number of aromatic nitrogens is 1. The lowest BCUT2D eigenvalue weighted by molar-refractivity contribution is -0.121. The van der Waals surface area contributed by atoms with Crippen molar-refractivity contribution in [2.24, 2.45) is 5.73 Å². The average Bonchev–Trinajstić information content (AvgIpc) is 2.96. The molecule has 1 unspecified atom stereocenters. The molecule has 32 heavy (non-hydrogen) atoms. The fourth-order valence-corrected chi connectivity index (χ4v) is 4.76. The molecule has 166 valence electrons. The van der Waals surface area contributed by atoms with Gasteiger partial charge >= 0.3 is 0 Å². The number of amides is 1. The molecule has 0 radical (unpaired) electrons. The number of carbonyl (C=O) groups excluding carboxylic acids is 1. The second kappa shape index (κ2) is 7.53. The number of nitrogens with zero attached hydrogens (tertiary/aromatic N) is 4. The zero-order valence-corrected chi connectivity index (χ0v) is 19.0. The Morgan fingerprint density at radius 1 is 1.25 bits per heavy atom. The lowest BCUT2D eigenvalue weighted by Crippen LogP contribution is -2.51. The van der Waals surface area contributed by atoms with E-state index in [1.165, 1.54) is 0 Å². The smallest absolute Gasteiger partial charge is 0.259 e. The molecule has 1 atom stereocenters. The highest BCUT2D eigenvalue weighted by Gasteiger charge is 2.61. The monoisotopic (exact) mass is 433 g/mol. The van der Waals surface area contributed by atoms with Crippen LogP contribution in [0.25, 0.3) is 0 Å². The summed E-state index contributed by atoms with van der Waals surface area (Å²) >= 11 is 0. The number of carbonyl (C=O) groups is 1. The van der Waals surface area contributed by atoms with E-state index in [0.29, 0.717) is 30.0 Å². The van der Waals surface area contributed by atoms with Gasteiger partial charge in [0.1, 0.15) is 17.4 Å². The Kier molecular flexibility index (Phi) is 5.10. The van der Waals surface area contributed by atoms with Gasteiger partial charge < -0.3 is 24.8 Å². The third-order valence-electron chi connectivity index (χ3n) is 6.19. The molecule has 2 aliphatic rings. The molecule has 0 aliphatic carbocycles. The van der Waals surface area contributed by atoms with E-state index >= 15 is 0 Å². The molecule has 4 rings (SSSR count). The number of fused-ring (bicyclic) bond motifs is 4. The number of ether oxygens (including phenoxy) is 1. The molecule has 3 heterocycles. The van der Waals surface area contributed by atoms with Crippen molar-refractivity contribution in [1.29, 1.82) is 5.26 Å².